The Morgan fingerprint density at radius 3 is 2.52 bits per heavy atom. The second-order valence-corrected chi connectivity index (χ2v) is 5.14. The number of nitrogens with one attached hydrogen (secondary N) is 1. The molecule has 0 heterocycles. The van der Waals surface area contributed by atoms with Gasteiger partial charge < -0.3 is 16.0 Å². The van der Waals surface area contributed by atoms with Gasteiger partial charge in [-0.1, -0.05) is 0 Å². The molecule has 0 aliphatic rings. The predicted molar refractivity (Wildman–Crippen MR) is 84.3 cm³/mol. The third-order valence-corrected chi connectivity index (χ3v) is 3.05. The van der Waals surface area contributed by atoms with E-state index in [0.717, 1.165) is 11.3 Å². The van der Waals surface area contributed by atoms with Crippen LogP contribution >= 0.6 is 0 Å². The summed E-state index contributed by atoms with van der Waals surface area (Å²) in [5.74, 6) is -0.707. The number of halogens is 1. The number of rotatable bonds is 3. The molecule has 2 rings (SSSR count). The van der Waals surface area contributed by atoms with Crippen LogP contribution in [-0.2, 0) is 0 Å². The van der Waals surface area contributed by atoms with E-state index in [9.17, 15) is 9.18 Å². The molecule has 0 saturated carbocycles. The smallest absolute Gasteiger partial charge is 0.257 e. The maximum atomic E-state index is 13.4. The molecule has 0 radical (unpaired) electrons. The minimum atomic E-state index is -0.384. The highest BCUT2D eigenvalue weighted by atomic mass is 19.1. The first-order valence-corrected chi connectivity index (χ1v) is 6.52. The summed E-state index contributed by atoms with van der Waals surface area (Å²) in [6, 6.07) is 9.52. The fourth-order valence-electron chi connectivity index (χ4n) is 2.13. The van der Waals surface area contributed by atoms with Crippen molar-refractivity contribution in [3.63, 3.8) is 0 Å². The highest BCUT2D eigenvalue weighted by Crippen LogP contribution is 2.23. The molecule has 0 fully saturated rings. The lowest BCUT2D eigenvalue weighted by atomic mass is 10.1. The highest BCUT2D eigenvalue weighted by Gasteiger charge is 2.14. The quantitative estimate of drug-likeness (QED) is 0.853. The van der Waals surface area contributed by atoms with E-state index < -0.39 is 0 Å². The average Bonchev–Trinajstić information content (AvgIpc) is 2.36. The zero-order valence-corrected chi connectivity index (χ0v) is 12.3. The first-order valence-electron chi connectivity index (χ1n) is 6.52. The number of carbonyl (C=O) groups is 1. The summed E-state index contributed by atoms with van der Waals surface area (Å²) in [6.07, 6.45) is 0. The Morgan fingerprint density at radius 2 is 1.90 bits per heavy atom. The van der Waals surface area contributed by atoms with Crippen LogP contribution in [-0.4, -0.2) is 20.0 Å². The largest absolute Gasteiger partial charge is 0.399 e. The molecular formula is C16H18FN3O. The van der Waals surface area contributed by atoms with Crippen molar-refractivity contribution in [3.05, 3.63) is 53.3 Å². The van der Waals surface area contributed by atoms with Crippen molar-refractivity contribution in [1.82, 2.24) is 0 Å². The standard InChI is InChI=1S/C16H18FN3O/c1-10-6-11(17)8-13(7-10)19-16(21)14-9-12(18)4-5-15(14)20(2)3/h4-9H,18H2,1-3H3,(H,19,21). The summed E-state index contributed by atoms with van der Waals surface area (Å²) < 4.78 is 13.4. The van der Waals surface area contributed by atoms with Gasteiger partial charge >= 0.3 is 0 Å². The fourth-order valence-corrected chi connectivity index (χ4v) is 2.13. The summed E-state index contributed by atoms with van der Waals surface area (Å²) in [4.78, 5) is 14.2. The second kappa shape index (κ2) is 5.83. The number of carbonyl (C=O) groups excluding carboxylic acids is 1. The van der Waals surface area contributed by atoms with E-state index in [-0.39, 0.29) is 11.7 Å². The number of amides is 1. The lowest BCUT2D eigenvalue weighted by Gasteiger charge is -2.17. The van der Waals surface area contributed by atoms with Gasteiger partial charge in [-0.15, -0.1) is 0 Å². The molecule has 0 atom stereocenters. The summed E-state index contributed by atoms with van der Waals surface area (Å²) in [7, 11) is 3.68. The van der Waals surface area contributed by atoms with E-state index in [2.05, 4.69) is 5.32 Å². The minimum Gasteiger partial charge on any atom is -0.399 e. The maximum Gasteiger partial charge on any atom is 0.257 e. The molecule has 21 heavy (non-hydrogen) atoms. The molecule has 0 saturated heterocycles. The van der Waals surface area contributed by atoms with Gasteiger partial charge in [0.1, 0.15) is 5.82 Å². The molecule has 0 aliphatic heterocycles. The first kappa shape index (κ1) is 14.8. The van der Waals surface area contributed by atoms with E-state index in [4.69, 9.17) is 5.73 Å². The second-order valence-electron chi connectivity index (χ2n) is 5.14. The normalized spacial score (nSPS) is 10.3. The van der Waals surface area contributed by atoms with Crippen molar-refractivity contribution in [2.45, 2.75) is 6.92 Å². The van der Waals surface area contributed by atoms with E-state index in [0.29, 0.717) is 16.9 Å². The van der Waals surface area contributed by atoms with Gasteiger partial charge in [0.15, 0.2) is 0 Å². The number of nitrogens with two attached hydrogens (primary N) is 1. The summed E-state index contributed by atoms with van der Waals surface area (Å²) in [5.41, 5.74) is 8.60. The van der Waals surface area contributed by atoms with Crippen molar-refractivity contribution in [2.24, 2.45) is 0 Å². The maximum absolute atomic E-state index is 13.4. The van der Waals surface area contributed by atoms with Crippen LogP contribution in [0.15, 0.2) is 36.4 Å². The lowest BCUT2D eigenvalue weighted by molar-refractivity contribution is 0.102. The van der Waals surface area contributed by atoms with Gasteiger partial charge in [0.25, 0.3) is 5.91 Å². The lowest BCUT2D eigenvalue weighted by Crippen LogP contribution is -2.19. The topological polar surface area (TPSA) is 58.4 Å². The number of nitrogen functional groups attached to an aromatic ring is 1. The Morgan fingerprint density at radius 1 is 1.19 bits per heavy atom. The van der Waals surface area contributed by atoms with E-state index in [1.807, 2.05) is 19.0 Å². The fraction of sp³-hybridized carbons (Fsp3) is 0.188. The Balaban J connectivity index is 2.34. The molecule has 3 N–H and O–H groups in total. The highest BCUT2D eigenvalue weighted by molar-refractivity contribution is 6.08. The molecule has 5 heteroatoms. The zero-order chi connectivity index (χ0) is 15.6. The van der Waals surface area contributed by atoms with Crippen molar-refractivity contribution in [3.8, 4) is 0 Å². The van der Waals surface area contributed by atoms with Crippen molar-refractivity contribution < 1.29 is 9.18 Å². The third kappa shape index (κ3) is 3.51. The van der Waals surface area contributed by atoms with Crippen molar-refractivity contribution in [2.75, 3.05) is 30.0 Å². The molecule has 2 aromatic rings. The molecular weight excluding hydrogens is 269 g/mol. The Bertz CT molecular complexity index is 663. The van der Waals surface area contributed by atoms with Gasteiger partial charge in [0, 0.05) is 31.2 Å². The first-order chi connectivity index (χ1) is 9.86. The van der Waals surface area contributed by atoms with Crippen molar-refractivity contribution >= 4 is 23.0 Å². The number of nitrogens with zero attached hydrogens (tertiary/aromatic N) is 1. The van der Waals surface area contributed by atoms with Crippen LogP contribution in [0.1, 0.15) is 15.9 Å². The minimum absolute atomic E-state index is 0.323. The molecule has 0 bridgehead atoms. The molecule has 2 aromatic carbocycles. The van der Waals surface area contributed by atoms with E-state index >= 15 is 0 Å². The van der Waals surface area contributed by atoms with Gasteiger partial charge in [-0.3, -0.25) is 4.79 Å². The summed E-state index contributed by atoms with van der Waals surface area (Å²) >= 11 is 0. The number of anilines is 3. The number of hydrogen-bond donors (Lipinski definition) is 2. The van der Waals surface area contributed by atoms with E-state index in [1.165, 1.54) is 12.1 Å². The van der Waals surface area contributed by atoms with Gasteiger partial charge in [-0.2, -0.15) is 0 Å². The van der Waals surface area contributed by atoms with Crippen LogP contribution in [0.25, 0.3) is 0 Å². The Labute approximate surface area is 123 Å². The number of benzene rings is 2. The molecule has 0 aliphatic carbocycles. The molecule has 1 amide bonds. The zero-order valence-electron chi connectivity index (χ0n) is 12.3. The average molecular weight is 287 g/mol. The van der Waals surface area contributed by atoms with Crippen LogP contribution in [0.2, 0.25) is 0 Å². The van der Waals surface area contributed by atoms with Crippen LogP contribution in [0, 0.1) is 12.7 Å². The summed E-state index contributed by atoms with van der Waals surface area (Å²) in [5, 5.41) is 2.70. The van der Waals surface area contributed by atoms with Gasteiger partial charge in [-0.05, 0) is 48.9 Å². The van der Waals surface area contributed by atoms with E-state index in [1.54, 1.807) is 31.2 Å². The Hall–Kier alpha value is -2.56. The van der Waals surface area contributed by atoms with Crippen LogP contribution in [0.5, 0.6) is 0 Å². The monoisotopic (exact) mass is 287 g/mol. The van der Waals surface area contributed by atoms with Crippen LogP contribution in [0.3, 0.4) is 0 Å². The summed E-state index contributed by atoms with van der Waals surface area (Å²) in [6.45, 7) is 1.77. The van der Waals surface area contributed by atoms with Gasteiger partial charge in [-0.25, -0.2) is 4.39 Å². The van der Waals surface area contributed by atoms with Crippen LogP contribution in [0.4, 0.5) is 21.5 Å². The molecule has 0 aromatic heterocycles. The third-order valence-electron chi connectivity index (χ3n) is 3.05. The molecule has 0 spiro atoms. The Kier molecular flexibility index (Phi) is 4.12. The predicted octanol–water partition coefficient (Wildman–Crippen LogP) is 3.03. The number of aryl methyl sites for hydroxylation is 1. The van der Waals surface area contributed by atoms with Gasteiger partial charge in [0.05, 0.1) is 5.56 Å². The van der Waals surface area contributed by atoms with Gasteiger partial charge in [0.2, 0.25) is 0 Å². The van der Waals surface area contributed by atoms with Crippen LogP contribution < -0.4 is 16.0 Å². The van der Waals surface area contributed by atoms with Crippen molar-refractivity contribution in [1.29, 1.82) is 0 Å². The molecule has 110 valence electrons. The SMILES string of the molecule is Cc1cc(F)cc(NC(=O)c2cc(N)ccc2N(C)C)c1. The number of hydrogen-bond acceptors (Lipinski definition) is 3. The molecule has 0 unspecified atom stereocenters. The molecule has 4 nitrogen and oxygen atoms in total.